The van der Waals surface area contributed by atoms with Crippen molar-refractivity contribution in [3.63, 3.8) is 0 Å². The molecule has 0 atom stereocenters. The van der Waals surface area contributed by atoms with Crippen LogP contribution in [-0.2, 0) is 4.79 Å². The lowest BCUT2D eigenvalue weighted by Gasteiger charge is -2.01. The maximum Gasteiger partial charge on any atom is 0.226 e. The predicted molar refractivity (Wildman–Crippen MR) is 55.1 cm³/mol. The Hall–Kier alpha value is -1.36. The number of rotatable bonds is 5. The van der Waals surface area contributed by atoms with Crippen molar-refractivity contribution < 1.29 is 4.79 Å². The Morgan fingerprint density at radius 2 is 2.43 bits per heavy atom. The fourth-order valence-electron chi connectivity index (χ4n) is 1.07. The van der Waals surface area contributed by atoms with Crippen molar-refractivity contribution >= 4 is 11.7 Å². The van der Waals surface area contributed by atoms with E-state index in [2.05, 4.69) is 20.8 Å². The number of carbonyl (C=O) groups excluding carboxylic acids is 1. The third-order valence-corrected chi connectivity index (χ3v) is 1.75. The van der Waals surface area contributed by atoms with E-state index >= 15 is 0 Å². The summed E-state index contributed by atoms with van der Waals surface area (Å²) >= 11 is 0. The molecule has 0 aliphatic carbocycles. The number of amides is 1. The highest BCUT2D eigenvalue weighted by Crippen LogP contribution is 2.03. The standard InChI is InChI=1S/C9H16N4O/c1-3-10-5-4-9(14)11-8-6-7(2)12-13-8/h6,10H,3-5H2,1-2H3,(H2,11,12,13,14). The van der Waals surface area contributed by atoms with Gasteiger partial charge < -0.3 is 10.6 Å². The number of nitrogens with one attached hydrogen (secondary N) is 3. The van der Waals surface area contributed by atoms with Gasteiger partial charge in [0.25, 0.3) is 0 Å². The van der Waals surface area contributed by atoms with Gasteiger partial charge in [0.15, 0.2) is 5.82 Å². The summed E-state index contributed by atoms with van der Waals surface area (Å²) in [6, 6.07) is 1.80. The number of nitrogens with zero attached hydrogens (tertiary/aromatic N) is 1. The van der Waals surface area contributed by atoms with Crippen LogP contribution >= 0.6 is 0 Å². The van der Waals surface area contributed by atoms with E-state index in [1.165, 1.54) is 0 Å². The van der Waals surface area contributed by atoms with Crippen molar-refractivity contribution in [2.45, 2.75) is 20.3 Å². The largest absolute Gasteiger partial charge is 0.316 e. The predicted octanol–water partition coefficient (Wildman–Crippen LogP) is 0.656. The maximum absolute atomic E-state index is 11.3. The second kappa shape index (κ2) is 5.39. The number of aromatic amines is 1. The van der Waals surface area contributed by atoms with Gasteiger partial charge in [0, 0.05) is 24.7 Å². The van der Waals surface area contributed by atoms with E-state index in [9.17, 15) is 4.79 Å². The summed E-state index contributed by atoms with van der Waals surface area (Å²) in [4.78, 5) is 11.3. The summed E-state index contributed by atoms with van der Waals surface area (Å²) in [7, 11) is 0. The van der Waals surface area contributed by atoms with E-state index in [1.807, 2.05) is 13.8 Å². The number of carbonyl (C=O) groups is 1. The molecule has 0 bridgehead atoms. The SMILES string of the molecule is CCNCCC(=O)Nc1cc(C)[nH]n1. The topological polar surface area (TPSA) is 69.8 Å². The first kappa shape index (κ1) is 10.7. The monoisotopic (exact) mass is 196 g/mol. The minimum absolute atomic E-state index is 0.0162. The second-order valence-corrected chi connectivity index (χ2v) is 3.09. The number of aryl methyl sites for hydroxylation is 1. The zero-order valence-corrected chi connectivity index (χ0v) is 8.55. The van der Waals surface area contributed by atoms with Crippen LogP contribution in [0.25, 0.3) is 0 Å². The van der Waals surface area contributed by atoms with E-state index in [1.54, 1.807) is 6.07 Å². The Morgan fingerprint density at radius 3 is 3.00 bits per heavy atom. The fraction of sp³-hybridized carbons (Fsp3) is 0.556. The maximum atomic E-state index is 11.3. The van der Waals surface area contributed by atoms with E-state index in [-0.39, 0.29) is 5.91 Å². The molecule has 1 aromatic rings. The van der Waals surface area contributed by atoms with Crippen LogP contribution in [-0.4, -0.2) is 29.2 Å². The van der Waals surface area contributed by atoms with Crippen LogP contribution < -0.4 is 10.6 Å². The second-order valence-electron chi connectivity index (χ2n) is 3.09. The van der Waals surface area contributed by atoms with Crippen LogP contribution in [0.1, 0.15) is 19.0 Å². The van der Waals surface area contributed by atoms with Gasteiger partial charge in [-0.1, -0.05) is 6.92 Å². The van der Waals surface area contributed by atoms with Crippen molar-refractivity contribution in [1.29, 1.82) is 0 Å². The minimum atomic E-state index is -0.0162. The summed E-state index contributed by atoms with van der Waals surface area (Å²) in [5.74, 6) is 0.571. The third kappa shape index (κ3) is 3.57. The average molecular weight is 196 g/mol. The summed E-state index contributed by atoms with van der Waals surface area (Å²) in [5, 5.41) is 12.4. The molecule has 0 fully saturated rings. The Morgan fingerprint density at radius 1 is 1.64 bits per heavy atom. The van der Waals surface area contributed by atoms with Crippen molar-refractivity contribution in [3.05, 3.63) is 11.8 Å². The Labute approximate surface area is 83.3 Å². The summed E-state index contributed by atoms with van der Waals surface area (Å²) in [5.41, 5.74) is 0.937. The van der Waals surface area contributed by atoms with Gasteiger partial charge in [-0.25, -0.2) is 0 Å². The van der Waals surface area contributed by atoms with E-state index in [0.717, 1.165) is 12.2 Å². The Kier molecular flexibility index (Phi) is 4.12. The van der Waals surface area contributed by atoms with Gasteiger partial charge in [-0.2, -0.15) is 5.10 Å². The highest BCUT2D eigenvalue weighted by Gasteiger charge is 2.03. The van der Waals surface area contributed by atoms with Crippen LogP contribution in [0.4, 0.5) is 5.82 Å². The van der Waals surface area contributed by atoms with Crippen LogP contribution in [0.15, 0.2) is 6.07 Å². The molecule has 0 aliphatic rings. The molecule has 0 aromatic carbocycles. The summed E-state index contributed by atoms with van der Waals surface area (Å²) < 4.78 is 0. The molecular formula is C9H16N4O. The highest BCUT2D eigenvalue weighted by molar-refractivity contribution is 5.89. The van der Waals surface area contributed by atoms with Crippen molar-refractivity contribution in [2.24, 2.45) is 0 Å². The van der Waals surface area contributed by atoms with Crippen LogP contribution in [0.2, 0.25) is 0 Å². The molecule has 0 spiro atoms. The molecule has 1 heterocycles. The number of hydrogen-bond donors (Lipinski definition) is 3. The molecule has 5 heteroatoms. The van der Waals surface area contributed by atoms with Gasteiger partial charge in [-0.05, 0) is 13.5 Å². The van der Waals surface area contributed by atoms with Crippen LogP contribution in [0, 0.1) is 6.92 Å². The van der Waals surface area contributed by atoms with Gasteiger partial charge in [-0.3, -0.25) is 9.89 Å². The van der Waals surface area contributed by atoms with Crippen LogP contribution in [0.3, 0.4) is 0 Å². The lowest BCUT2D eigenvalue weighted by atomic mass is 10.4. The Balaban J connectivity index is 2.27. The normalized spacial score (nSPS) is 10.1. The molecule has 1 aromatic heterocycles. The van der Waals surface area contributed by atoms with E-state index < -0.39 is 0 Å². The van der Waals surface area contributed by atoms with Gasteiger partial charge >= 0.3 is 0 Å². The number of aromatic nitrogens is 2. The molecule has 0 unspecified atom stereocenters. The number of anilines is 1. The van der Waals surface area contributed by atoms with Gasteiger partial charge in [0.05, 0.1) is 0 Å². The van der Waals surface area contributed by atoms with Crippen molar-refractivity contribution in [1.82, 2.24) is 15.5 Å². The van der Waals surface area contributed by atoms with Crippen molar-refractivity contribution in [2.75, 3.05) is 18.4 Å². The Bertz CT molecular complexity index is 295. The summed E-state index contributed by atoms with van der Waals surface area (Å²) in [6.45, 7) is 5.48. The van der Waals surface area contributed by atoms with E-state index in [4.69, 9.17) is 0 Å². The molecule has 78 valence electrons. The van der Waals surface area contributed by atoms with Gasteiger partial charge in [0.2, 0.25) is 5.91 Å². The molecule has 3 N–H and O–H groups in total. The molecule has 14 heavy (non-hydrogen) atoms. The quantitative estimate of drug-likeness (QED) is 0.606. The lowest BCUT2D eigenvalue weighted by molar-refractivity contribution is -0.116. The highest BCUT2D eigenvalue weighted by atomic mass is 16.1. The molecule has 1 amide bonds. The first-order chi connectivity index (χ1) is 6.72. The summed E-state index contributed by atoms with van der Waals surface area (Å²) in [6.07, 6.45) is 0.472. The van der Waals surface area contributed by atoms with Gasteiger partial charge in [-0.15, -0.1) is 0 Å². The zero-order chi connectivity index (χ0) is 10.4. The molecular weight excluding hydrogens is 180 g/mol. The third-order valence-electron chi connectivity index (χ3n) is 1.75. The molecule has 0 aliphatic heterocycles. The zero-order valence-electron chi connectivity index (χ0n) is 8.55. The smallest absolute Gasteiger partial charge is 0.226 e. The minimum Gasteiger partial charge on any atom is -0.316 e. The van der Waals surface area contributed by atoms with Gasteiger partial charge in [0.1, 0.15) is 0 Å². The lowest BCUT2D eigenvalue weighted by Crippen LogP contribution is -2.21. The molecule has 0 radical (unpaired) electrons. The molecule has 5 nitrogen and oxygen atoms in total. The van der Waals surface area contributed by atoms with Crippen LogP contribution in [0.5, 0.6) is 0 Å². The molecule has 0 saturated heterocycles. The van der Waals surface area contributed by atoms with E-state index in [0.29, 0.717) is 18.8 Å². The fourth-order valence-corrected chi connectivity index (χ4v) is 1.07. The van der Waals surface area contributed by atoms with Crippen molar-refractivity contribution in [3.8, 4) is 0 Å². The molecule has 0 saturated carbocycles. The average Bonchev–Trinajstić information content (AvgIpc) is 2.52. The number of hydrogen-bond acceptors (Lipinski definition) is 3. The first-order valence-corrected chi connectivity index (χ1v) is 4.75. The molecule has 1 rings (SSSR count). The number of H-pyrrole nitrogens is 1. The first-order valence-electron chi connectivity index (χ1n) is 4.75.